The van der Waals surface area contributed by atoms with Gasteiger partial charge < -0.3 is 20.1 Å². The summed E-state index contributed by atoms with van der Waals surface area (Å²) in [5.74, 6) is -0.183. The number of hydrogen-bond donors (Lipinski definition) is 3. The molecule has 0 bridgehead atoms. The Morgan fingerprint density at radius 1 is 1.39 bits per heavy atom. The largest absolute Gasteiger partial charge is 0.390 e. The van der Waals surface area contributed by atoms with Crippen molar-refractivity contribution in [2.45, 2.75) is 13.0 Å². The number of hydrogen-bond acceptors (Lipinski definition) is 5. The Morgan fingerprint density at radius 3 is 2.96 bits per heavy atom. The van der Waals surface area contributed by atoms with Crippen molar-refractivity contribution in [1.82, 2.24) is 24.9 Å². The molecule has 1 unspecified atom stereocenters. The molecule has 1 aliphatic heterocycles. The van der Waals surface area contributed by atoms with Gasteiger partial charge in [-0.05, 0) is 19.1 Å². The third kappa shape index (κ3) is 4.07. The molecule has 3 heterocycles. The van der Waals surface area contributed by atoms with Crippen LogP contribution in [-0.4, -0.2) is 70.7 Å². The molecule has 1 saturated heterocycles. The Morgan fingerprint density at radius 2 is 2.17 bits per heavy atom. The smallest absolute Gasteiger partial charge is 0.252 e. The van der Waals surface area contributed by atoms with Crippen LogP contribution in [0.2, 0.25) is 0 Å². The predicted molar refractivity (Wildman–Crippen MR) is 87.6 cm³/mol. The lowest BCUT2D eigenvalue weighted by Crippen LogP contribution is -2.48. The molecule has 7 nitrogen and oxygen atoms in total. The van der Waals surface area contributed by atoms with Gasteiger partial charge >= 0.3 is 0 Å². The Bertz CT molecular complexity index is 678. The maximum absolute atomic E-state index is 12.2. The zero-order valence-electron chi connectivity index (χ0n) is 13.3. The van der Waals surface area contributed by atoms with Crippen molar-refractivity contribution in [3.8, 4) is 0 Å². The van der Waals surface area contributed by atoms with E-state index in [0.29, 0.717) is 12.1 Å². The van der Waals surface area contributed by atoms with Crippen molar-refractivity contribution in [3.63, 3.8) is 0 Å². The SMILES string of the molecule is Cc1cn2cc(C(=O)NCC(O)CN3CCNCC3)ccc2n1. The van der Waals surface area contributed by atoms with Crippen LogP contribution in [0.5, 0.6) is 0 Å². The number of nitrogens with one attached hydrogen (secondary N) is 2. The molecule has 0 radical (unpaired) electrons. The van der Waals surface area contributed by atoms with E-state index in [1.165, 1.54) is 0 Å². The molecule has 1 amide bonds. The van der Waals surface area contributed by atoms with E-state index in [2.05, 4.69) is 20.5 Å². The van der Waals surface area contributed by atoms with Crippen LogP contribution in [0.3, 0.4) is 0 Å². The van der Waals surface area contributed by atoms with Gasteiger partial charge in [0.05, 0.1) is 17.4 Å². The average molecular weight is 317 g/mol. The van der Waals surface area contributed by atoms with Crippen LogP contribution in [0, 0.1) is 6.92 Å². The predicted octanol–water partition coefficient (Wildman–Crippen LogP) is -0.361. The lowest BCUT2D eigenvalue weighted by Gasteiger charge is -2.29. The van der Waals surface area contributed by atoms with Gasteiger partial charge in [0.2, 0.25) is 0 Å². The van der Waals surface area contributed by atoms with Crippen LogP contribution in [-0.2, 0) is 0 Å². The van der Waals surface area contributed by atoms with Gasteiger partial charge in [-0.1, -0.05) is 0 Å². The fourth-order valence-corrected chi connectivity index (χ4v) is 2.82. The summed E-state index contributed by atoms with van der Waals surface area (Å²) in [6, 6.07) is 3.57. The Labute approximate surface area is 135 Å². The summed E-state index contributed by atoms with van der Waals surface area (Å²) in [6.45, 7) is 6.51. The number of aliphatic hydroxyl groups excluding tert-OH is 1. The summed E-state index contributed by atoms with van der Waals surface area (Å²) in [6.07, 6.45) is 3.08. The van der Waals surface area contributed by atoms with Crippen molar-refractivity contribution >= 4 is 11.6 Å². The summed E-state index contributed by atoms with van der Waals surface area (Å²) in [5.41, 5.74) is 2.29. The summed E-state index contributed by atoms with van der Waals surface area (Å²) in [4.78, 5) is 18.7. The van der Waals surface area contributed by atoms with Gasteiger partial charge in [0, 0.05) is 51.7 Å². The molecule has 1 atom stereocenters. The topological polar surface area (TPSA) is 81.9 Å². The number of aliphatic hydroxyl groups is 1. The number of β-amino-alcohol motifs (C(OH)–C–C–N with tert-alkyl or cyclic N) is 1. The first-order valence-corrected chi connectivity index (χ1v) is 7.96. The molecule has 0 aliphatic carbocycles. The van der Waals surface area contributed by atoms with Crippen molar-refractivity contribution in [2.75, 3.05) is 39.3 Å². The first kappa shape index (κ1) is 15.9. The number of carbonyl (C=O) groups is 1. The van der Waals surface area contributed by atoms with Crippen LogP contribution >= 0.6 is 0 Å². The number of nitrogens with zero attached hydrogens (tertiary/aromatic N) is 3. The number of carbonyl (C=O) groups excluding carboxylic acids is 1. The minimum Gasteiger partial charge on any atom is -0.390 e. The highest BCUT2D eigenvalue weighted by Crippen LogP contribution is 2.07. The maximum atomic E-state index is 12.2. The van der Waals surface area contributed by atoms with Gasteiger partial charge in [0.1, 0.15) is 5.65 Å². The highest BCUT2D eigenvalue weighted by Gasteiger charge is 2.15. The molecule has 23 heavy (non-hydrogen) atoms. The lowest BCUT2D eigenvalue weighted by molar-refractivity contribution is 0.0842. The van der Waals surface area contributed by atoms with E-state index in [4.69, 9.17) is 0 Å². The fourth-order valence-electron chi connectivity index (χ4n) is 2.82. The first-order chi connectivity index (χ1) is 11.1. The van der Waals surface area contributed by atoms with Crippen molar-refractivity contribution in [1.29, 1.82) is 0 Å². The number of fused-ring (bicyclic) bond motifs is 1. The third-order valence-corrected chi connectivity index (χ3v) is 4.01. The fraction of sp³-hybridized carbons (Fsp3) is 0.500. The average Bonchev–Trinajstić information content (AvgIpc) is 2.92. The molecular weight excluding hydrogens is 294 g/mol. The molecular formula is C16H23N5O2. The highest BCUT2D eigenvalue weighted by molar-refractivity contribution is 5.94. The van der Waals surface area contributed by atoms with Gasteiger partial charge in [-0.3, -0.25) is 9.69 Å². The van der Waals surface area contributed by atoms with Crippen LogP contribution in [0.25, 0.3) is 5.65 Å². The Kier molecular flexibility index (Phi) is 4.90. The Balaban J connectivity index is 1.53. The lowest BCUT2D eigenvalue weighted by atomic mass is 10.2. The molecule has 1 aliphatic rings. The number of aromatic nitrogens is 2. The van der Waals surface area contributed by atoms with Crippen LogP contribution in [0.1, 0.15) is 16.1 Å². The second-order valence-electron chi connectivity index (χ2n) is 5.98. The zero-order valence-corrected chi connectivity index (χ0v) is 13.3. The van der Waals surface area contributed by atoms with Gasteiger partial charge in [-0.2, -0.15) is 0 Å². The van der Waals surface area contributed by atoms with E-state index in [9.17, 15) is 9.90 Å². The van der Waals surface area contributed by atoms with E-state index < -0.39 is 6.10 Å². The summed E-state index contributed by atoms with van der Waals surface area (Å²) >= 11 is 0. The van der Waals surface area contributed by atoms with Gasteiger partial charge in [-0.15, -0.1) is 0 Å². The monoisotopic (exact) mass is 317 g/mol. The third-order valence-electron chi connectivity index (χ3n) is 4.01. The summed E-state index contributed by atoms with van der Waals surface area (Å²) in [5, 5.41) is 16.2. The second kappa shape index (κ2) is 7.08. The van der Waals surface area contributed by atoms with E-state index in [1.54, 1.807) is 12.3 Å². The van der Waals surface area contributed by atoms with Crippen molar-refractivity contribution in [2.24, 2.45) is 0 Å². The highest BCUT2D eigenvalue weighted by atomic mass is 16.3. The van der Waals surface area contributed by atoms with Gasteiger partial charge in [-0.25, -0.2) is 4.98 Å². The Hall–Kier alpha value is -1.96. The van der Waals surface area contributed by atoms with E-state index in [0.717, 1.165) is 37.5 Å². The number of rotatable bonds is 5. The number of imidazole rings is 1. The van der Waals surface area contributed by atoms with Crippen LogP contribution < -0.4 is 10.6 Å². The molecule has 3 N–H and O–H groups in total. The number of aryl methyl sites for hydroxylation is 1. The van der Waals surface area contributed by atoms with E-state index >= 15 is 0 Å². The van der Waals surface area contributed by atoms with Crippen molar-refractivity contribution in [3.05, 3.63) is 35.8 Å². The molecule has 2 aromatic rings. The molecule has 124 valence electrons. The first-order valence-electron chi connectivity index (χ1n) is 7.96. The summed E-state index contributed by atoms with van der Waals surface area (Å²) < 4.78 is 1.83. The molecule has 0 saturated carbocycles. The normalized spacial score (nSPS) is 17.3. The van der Waals surface area contributed by atoms with Crippen LogP contribution in [0.15, 0.2) is 24.5 Å². The number of pyridine rings is 1. The van der Waals surface area contributed by atoms with Crippen molar-refractivity contribution < 1.29 is 9.90 Å². The second-order valence-corrected chi connectivity index (χ2v) is 5.98. The molecule has 1 fully saturated rings. The standard InChI is InChI=1S/C16H23N5O2/c1-12-9-21-10-13(2-3-15(21)19-12)16(23)18-8-14(22)11-20-6-4-17-5-7-20/h2-3,9-10,14,17,22H,4-8,11H2,1H3,(H,18,23). The van der Waals surface area contributed by atoms with E-state index in [1.807, 2.05) is 23.6 Å². The van der Waals surface area contributed by atoms with E-state index in [-0.39, 0.29) is 12.5 Å². The molecule has 2 aromatic heterocycles. The molecule has 0 aromatic carbocycles. The van der Waals surface area contributed by atoms with Gasteiger partial charge in [0.25, 0.3) is 5.91 Å². The molecule has 3 rings (SSSR count). The number of amides is 1. The minimum atomic E-state index is -0.559. The van der Waals surface area contributed by atoms with Crippen LogP contribution in [0.4, 0.5) is 0 Å². The quantitative estimate of drug-likeness (QED) is 0.701. The van der Waals surface area contributed by atoms with Gasteiger partial charge in [0.15, 0.2) is 0 Å². The molecule has 7 heteroatoms. The zero-order chi connectivity index (χ0) is 16.2. The number of piperazine rings is 1. The maximum Gasteiger partial charge on any atom is 0.252 e. The summed E-state index contributed by atoms with van der Waals surface area (Å²) in [7, 11) is 0. The molecule has 0 spiro atoms. The minimum absolute atomic E-state index is 0.183.